The number of ether oxygens (including phenoxy) is 1. The lowest BCUT2D eigenvalue weighted by atomic mass is 10.1. The third-order valence-electron chi connectivity index (χ3n) is 4.47. The van der Waals surface area contributed by atoms with Crippen LogP contribution in [-0.2, 0) is 23.0 Å². The summed E-state index contributed by atoms with van der Waals surface area (Å²) in [6.45, 7) is 8.17. The van der Waals surface area contributed by atoms with Gasteiger partial charge in [-0.05, 0) is 38.8 Å². The van der Waals surface area contributed by atoms with E-state index in [2.05, 4.69) is 34.7 Å². The number of amides is 1. The summed E-state index contributed by atoms with van der Waals surface area (Å²) in [6, 6.07) is 1.73. The van der Waals surface area contributed by atoms with Crippen molar-refractivity contribution >= 4 is 51.3 Å². The summed E-state index contributed by atoms with van der Waals surface area (Å²) in [4.78, 5) is 26.8. The number of hydrogen-bond acceptors (Lipinski definition) is 8. The Balaban J connectivity index is 1.68. The predicted octanol–water partition coefficient (Wildman–Crippen LogP) is 4.69. The second-order valence-corrected chi connectivity index (χ2v) is 9.84. The predicted molar refractivity (Wildman–Crippen MR) is 123 cm³/mol. The van der Waals surface area contributed by atoms with E-state index in [0.717, 1.165) is 22.7 Å². The van der Waals surface area contributed by atoms with Crippen molar-refractivity contribution < 1.29 is 14.3 Å². The van der Waals surface area contributed by atoms with Gasteiger partial charge in [-0.1, -0.05) is 18.7 Å². The first-order valence-corrected chi connectivity index (χ1v) is 12.2. The topological polar surface area (TPSA) is 86.1 Å². The third-order valence-corrected chi connectivity index (χ3v) is 7.41. The molecule has 3 rings (SSSR count). The Morgan fingerprint density at radius 2 is 2.03 bits per heavy atom. The molecule has 7 nitrogen and oxygen atoms in total. The minimum Gasteiger partial charge on any atom is -0.462 e. The molecule has 10 heteroatoms. The van der Waals surface area contributed by atoms with Gasteiger partial charge in [0.25, 0.3) is 0 Å². The zero-order valence-electron chi connectivity index (χ0n) is 17.6. The van der Waals surface area contributed by atoms with E-state index >= 15 is 0 Å². The van der Waals surface area contributed by atoms with E-state index in [-0.39, 0.29) is 18.3 Å². The summed E-state index contributed by atoms with van der Waals surface area (Å²) in [5, 5.41) is 14.7. The van der Waals surface area contributed by atoms with Gasteiger partial charge in [0.1, 0.15) is 5.00 Å². The van der Waals surface area contributed by atoms with Crippen molar-refractivity contribution in [2.24, 2.45) is 7.05 Å². The number of rotatable bonds is 8. The van der Waals surface area contributed by atoms with Crippen molar-refractivity contribution in [3.8, 4) is 11.4 Å². The van der Waals surface area contributed by atoms with E-state index in [9.17, 15) is 9.59 Å². The highest BCUT2D eigenvalue weighted by Gasteiger charge is 2.20. The molecule has 0 aliphatic heterocycles. The fraction of sp³-hybridized carbons (Fsp3) is 0.400. The minimum atomic E-state index is -0.430. The number of esters is 1. The number of anilines is 1. The minimum absolute atomic E-state index is 0.161. The molecule has 0 aliphatic rings. The van der Waals surface area contributed by atoms with Crippen LogP contribution in [0, 0.1) is 13.8 Å². The van der Waals surface area contributed by atoms with E-state index in [1.807, 2.05) is 18.5 Å². The number of thioether (sulfide) groups is 1. The molecular weight excluding hydrogens is 440 g/mol. The molecule has 0 bridgehead atoms. The Bertz CT molecular complexity index is 1070. The van der Waals surface area contributed by atoms with Gasteiger partial charge in [0.05, 0.1) is 17.9 Å². The second-order valence-electron chi connectivity index (χ2n) is 6.56. The average Bonchev–Trinajstić information content (AvgIpc) is 3.37. The van der Waals surface area contributed by atoms with Crippen LogP contribution in [0.5, 0.6) is 0 Å². The highest BCUT2D eigenvalue weighted by molar-refractivity contribution is 7.99. The monoisotopic (exact) mass is 464 g/mol. The molecule has 1 amide bonds. The smallest absolute Gasteiger partial charge is 0.341 e. The van der Waals surface area contributed by atoms with Gasteiger partial charge < -0.3 is 14.6 Å². The van der Waals surface area contributed by atoms with E-state index < -0.39 is 5.97 Å². The average molecular weight is 465 g/mol. The van der Waals surface area contributed by atoms with Crippen molar-refractivity contribution in [1.82, 2.24) is 14.8 Å². The zero-order valence-corrected chi connectivity index (χ0v) is 20.0. The number of nitrogens with zero attached hydrogens (tertiary/aromatic N) is 3. The molecule has 0 aromatic carbocycles. The largest absolute Gasteiger partial charge is 0.462 e. The molecule has 0 radical (unpaired) electrons. The molecule has 0 aliphatic carbocycles. The number of carbonyl (C=O) groups is 2. The van der Waals surface area contributed by atoms with Crippen molar-refractivity contribution in [1.29, 1.82) is 0 Å². The quantitative estimate of drug-likeness (QED) is 0.384. The number of aromatic nitrogens is 3. The molecule has 3 aromatic heterocycles. The fourth-order valence-corrected chi connectivity index (χ4v) is 5.61. The van der Waals surface area contributed by atoms with Gasteiger partial charge in [0.2, 0.25) is 5.91 Å². The summed E-state index contributed by atoms with van der Waals surface area (Å²) in [7, 11) is 1.91. The van der Waals surface area contributed by atoms with Crippen molar-refractivity contribution in [3.63, 3.8) is 0 Å². The maximum atomic E-state index is 12.5. The van der Waals surface area contributed by atoms with Gasteiger partial charge in [-0.15, -0.1) is 32.9 Å². The number of hydrogen-bond donors (Lipinski definition) is 1. The van der Waals surface area contributed by atoms with E-state index in [4.69, 9.17) is 4.74 Å². The van der Waals surface area contributed by atoms with Crippen LogP contribution < -0.4 is 5.32 Å². The molecule has 0 saturated carbocycles. The normalized spacial score (nSPS) is 11.0. The number of thiophene rings is 2. The zero-order chi connectivity index (χ0) is 21.8. The van der Waals surface area contributed by atoms with Crippen LogP contribution in [0.2, 0.25) is 0 Å². The molecule has 0 saturated heterocycles. The Hall–Kier alpha value is -2.17. The summed E-state index contributed by atoms with van der Waals surface area (Å²) in [5.41, 5.74) is 2.77. The van der Waals surface area contributed by atoms with Crippen molar-refractivity contribution in [3.05, 3.63) is 32.3 Å². The maximum Gasteiger partial charge on any atom is 0.341 e. The molecule has 0 atom stereocenters. The van der Waals surface area contributed by atoms with Crippen LogP contribution in [-0.4, -0.2) is 39.0 Å². The molecule has 3 aromatic rings. The van der Waals surface area contributed by atoms with Gasteiger partial charge in [-0.3, -0.25) is 4.79 Å². The highest BCUT2D eigenvalue weighted by Crippen LogP contribution is 2.32. The standard InChI is InChI=1S/C20H24N4O3S3/c1-6-13-12(4)28-9-15(13)17-22-23-20(24(17)5)29-10-16(25)21-18-14(8-11(3)30-18)19(26)27-7-2/h8-9H,6-7,10H2,1-5H3,(H,21,25). The number of carbonyl (C=O) groups excluding carboxylic acids is 2. The summed E-state index contributed by atoms with van der Waals surface area (Å²) >= 11 is 4.37. The maximum absolute atomic E-state index is 12.5. The Kier molecular flexibility index (Phi) is 7.32. The Morgan fingerprint density at radius 1 is 1.27 bits per heavy atom. The first-order chi connectivity index (χ1) is 14.3. The number of aryl methyl sites for hydroxylation is 2. The molecule has 0 unspecified atom stereocenters. The van der Waals surface area contributed by atoms with E-state index in [1.165, 1.54) is 33.5 Å². The molecule has 1 N–H and O–H groups in total. The Morgan fingerprint density at radius 3 is 2.73 bits per heavy atom. The summed E-state index contributed by atoms with van der Waals surface area (Å²) in [6.07, 6.45) is 0.936. The second kappa shape index (κ2) is 9.76. The van der Waals surface area contributed by atoms with Crippen LogP contribution in [0.3, 0.4) is 0 Å². The van der Waals surface area contributed by atoms with Crippen molar-refractivity contribution in [2.75, 3.05) is 17.7 Å². The van der Waals surface area contributed by atoms with Crippen LogP contribution in [0.15, 0.2) is 16.6 Å². The van der Waals surface area contributed by atoms with Crippen LogP contribution >= 0.6 is 34.4 Å². The van der Waals surface area contributed by atoms with Gasteiger partial charge >= 0.3 is 5.97 Å². The first-order valence-electron chi connectivity index (χ1n) is 9.52. The van der Waals surface area contributed by atoms with E-state index in [0.29, 0.717) is 15.7 Å². The lowest BCUT2D eigenvalue weighted by Crippen LogP contribution is -2.16. The molecule has 30 heavy (non-hydrogen) atoms. The fourth-order valence-electron chi connectivity index (χ4n) is 3.04. The highest BCUT2D eigenvalue weighted by atomic mass is 32.2. The first kappa shape index (κ1) is 22.5. The van der Waals surface area contributed by atoms with Crippen molar-refractivity contribution in [2.45, 2.75) is 39.3 Å². The molecular formula is C20H24N4O3S3. The number of nitrogens with one attached hydrogen (secondary N) is 1. The van der Waals surface area contributed by atoms with Gasteiger partial charge in [-0.2, -0.15) is 0 Å². The summed E-state index contributed by atoms with van der Waals surface area (Å²) in [5.74, 6) is 0.324. The summed E-state index contributed by atoms with van der Waals surface area (Å²) < 4.78 is 6.98. The van der Waals surface area contributed by atoms with Gasteiger partial charge in [-0.25, -0.2) is 4.79 Å². The van der Waals surface area contributed by atoms with Crippen LogP contribution in [0.25, 0.3) is 11.4 Å². The van der Waals surface area contributed by atoms with Gasteiger partial charge in [0.15, 0.2) is 11.0 Å². The lowest BCUT2D eigenvalue weighted by Gasteiger charge is -2.07. The molecule has 0 fully saturated rings. The third kappa shape index (κ3) is 4.76. The molecule has 0 spiro atoms. The lowest BCUT2D eigenvalue weighted by molar-refractivity contribution is -0.113. The molecule has 3 heterocycles. The van der Waals surface area contributed by atoms with Crippen LogP contribution in [0.4, 0.5) is 5.00 Å². The van der Waals surface area contributed by atoms with Crippen LogP contribution in [0.1, 0.15) is 39.5 Å². The van der Waals surface area contributed by atoms with Gasteiger partial charge in [0, 0.05) is 27.7 Å². The van der Waals surface area contributed by atoms with E-state index in [1.54, 1.807) is 24.3 Å². The molecule has 160 valence electrons. The SMILES string of the molecule is CCOC(=O)c1cc(C)sc1NC(=O)CSc1nnc(-c2csc(C)c2CC)n1C. The Labute approximate surface area is 187 Å².